The van der Waals surface area contributed by atoms with Gasteiger partial charge in [0.15, 0.2) is 0 Å². The SMILES string of the molecule is CC1(C)C(=O)Nc2cc(Br)sc21. The maximum Gasteiger partial charge on any atom is 0.235 e. The minimum atomic E-state index is -0.355. The molecule has 2 heterocycles. The van der Waals surface area contributed by atoms with E-state index in [1.807, 2.05) is 19.9 Å². The molecule has 0 aromatic carbocycles. The Bertz CT molecular complexity index is 356. The van der Waals surface area contributed by atoms with Crippen molar-refractivity contribution < 1.29 is 4.79 Å². The number of amides is 1. The molecule has 12 heavy (non-hydrogen) atoms. The summed E-state index contributed by atoms with van der Waals surface area (Å²) >= 11 is 5.02. The van der Waals surface area contributed by atoms with Gasteiger partial charge in [-0.15, -0.1) is 11.3 Å². The molecule has 64 valence electrons. The molecule has 2 nitrogen and oxygen atoms in total. The smallest absolute Gasteiger partial charge is 0.235 e. The summed E-state index contributed by atoms with van der Waals surface area (Å²) in [7, 11) is 0. The van der Waals surface area contributed by atoms with Crippen LogP contribution >= 0.6 is 27.3 Å². The maximum absolute atomic E-state index is 11.4. The van der Waals surface area contributed by atoms with Crippen molar-refractivity contribution in [3.63, 3.8) is 0 Å². The van der Waals surface area contributed by atoms with Crippen LogP contribution in [0, 0.1) is 0 Å². The van der Waals surface area contributed by atoms with Gasteiger partial charge in [-0.3, -0.25) is 4.79 Å². The minimum Gasteiger partial charge on any atom is -0.324 e. The van der Waals surface area contributed by atoms with Crippen LogP contribution in [0.1, 0.15) is 18.7 Å². The van der Waals surface area contributed by atoms with E-state index in [9.17, 15) is 4.79 Å². The van der Waals surface area contributed by atoms with Gasteiger partial charge in [0.05, 0.1) is 14.9 Å². The molecular weight excluding hydrogens is 238 g/mol. The summed E-state index contributed by atoms with van der Waals surface area (Å²) in [5.74, 6) is 0.0938. The van der Waals surface area contributed by atoms with Crippen LogP contribution in [0.3, 0.4) is 0 Å². The number of rotatable bonds is 0. The molecule has 0 saturated heterocycles. The third-order valence-electron chi connectivity index (χ3n) is 2.09. The Kier molecular flexibility index (Phi) is 1.60. The molecule has 0 atom stereocenters. The number of fused-ring (bicyclic) bond motifs is 1. The Morgan fingerprint density at radius 1 is 1.58 bits per heavy atom. The zero-order valence-corrected chi connectivity index (χ0v) is 9.17. The topological polar surface area (TPSA) is 29.1 Å². The van der Waals surface area contributed by atoms with E-state index in [2.05, 4.69) is 21.2 Å². The molecule has 0 bridgehead atoms. The van der Waals surface area contributed by atoms with Crippen molar-refractivity contribution in [2.45, 2.75) is 19.3 Å². The molecule has 1 N–H and O–H groups in total. The average Bonchev–Trinajstić information content (AvgIpc) is 2.38. The van der Waals surface area contributed by atoms with Crippen LogP contribution in [-0.4, -0.2) is 5.91 Å². The van der Waals surface area contributed by atoms with Gasteiger partial charge in [-0.05, 0) is 35.8 Å². The fourth-order valence-electron chi connectivity index (χ4n) is 1.30. The van der Waals surface area contributed by atoms with Crippen LogP contribution in [0.15, 0.2) is 9.85 Å². The highest BCUT2D eigenvalue weighted by Gasteiger charge is 2.40. The number of carbonyl (C=O) groups is 1. The van der Waals surface area contributed by atoms with Gasteiger partial charge in [0.1, 0.15) is 0 Å². The quantitative estimate of drug-likeness (QED) is 0.749. The van der Waals surface area contributed by atoms with Crippen LogP contribution in [0.4, 0.5) is 5.69 Å². The van der Waals surface area contributed by atoms with Crippen LogP contribution in [0.2, 0.25) is 0 Å². The van der Waals surface area contributed by atoms with E-state index in [0.717, 1.165) is 14.4 Å². The Hall–Kier alpha value is -0.350. The van der Waals surface area contributed by atoms with Crippen LogP contribution in [0.25, 0.3) is 0 Å². The fraction of sp³-hybridized carbons (Fsp3) is 0.375. The first-order valence-electron chi connectivity index (χ1n) is 3.63. The molecular formula is C8H8BrNOS. The highest BCUT2D eigenvalue weighted by molar-refractivity contribution is 9.11. The van der Waals surface area contributed by atoms with E-state index in [4.69, 9.17) is 0 Å². The molecule has 0 spiro atoms. The van der Waals surface area contributed by atoms with Crippen molar-refractivity contribution in [2.75, 3.05) is 5.32 Å². The maximum atomic E-state index is 11.4. The molecule has 0 saturated carbocycles. The molecule has 1 aliphatic heterocycles. The molecule has 1 aromatic heterocycles. The largest absolute Gasteiger partial charge is 0.324 e. The molecule has 0 fully saturated rings. The molecule has 1 aliphatic rings. The lowest BCUT2D eigenvalue weighted by Gasteiger charge is -2.12. The summed E-state index contributed by atoms with van der Waals surface area (Å²) in [6.07, 6.45) is 0. The molecule has 2 rings (SSSR count). The molecule has 0 aliphatic carbocycles. The summed E-state index contributed by atoms with van der Waals surface area (Å²) in [4.78, 5) is 12.5. The van der Waals surface area contributed by atoms with Crippen molar-refractivity contribution in [2.24, 2.45) is 0 Å². The number of nitrogens with one attached hydrogen (secondary N) is 1. The first-order valence-corrected chi connectivity index (χ1v) is 5.24. The molecule has 0 radical (unpaired) electrons. The van der Waals surface area contributed by atoms with Gasteiger partial charge in [-0.2, -0.15) is 0 Å². The van der Waals surface area contributed by atoms with E-state index in [1.54, 1.807) is 11.3 Å². The Balaban J connectivity index is 2.60. The number of thiophene rings is 1. The zero-order valence-electron chi connectivity index (χ0n) is 6.77. The number of hydrogen-bond acceptors (Lipinski definition) is 2. The average molecular weight is 246 g/mol. The van der Waals surface area contributed by atoms with Crippen LogP contribution in [0.5, 0.6) is 0 Å². The van der Waals surface area contributed by atoms with Gasteiger partial charge >= 0.3 is 0 Å². The second-order valence-corrected chi connectivity index (χ2v) is 5.80. The van der Waals surface area contributed by atoms with Gasteiger partial charge < -0.3 is 5.32 Å². The van der Waals surface area contributed by atoms with Gasteiger partial charge in [-0.1, -0.05) is 0 Å². The van der Waals surface area contributed by atoms with Crippen LogP contribution < -0.4 is 5.32 Å². The van der Waals surface area contributed by atoms with Crippen molar-refractivity contribution in [1.82, 2.24) is 0 Å². The van der Waals surface area contributed by atoms with Gasteiger partial charge in [0, 0.05) is 4.88 Å². The summed E-state index contributed by atoms with van der Waals surface area (Å²) < 4.78 is 1.07. The molecule has 1 amide bonds. The van der Waals surface area contributed by atoms with Crippen LogP contribution in [-0.2, 0) is 10.2 Å². The Morgan fingerprint density at radius 2 is 2.25 bits per heavy atom. The van der Waals surface area contributed by atoms with E-state index in [0.29, 0.717) is 0 Å². The lowest BCUT2D eigenvalue weighted by molar-refractivity contribution is -0.119. The van der Waals surface area contributed by atoms with Crippen molar-refractivity contribution in [1.29, 1.82) is 0 Å². The van der Waals surface area contributed by atoms with Gasteiger partial charge in [0.2, 0.25) is 5.91 Å². The fourth-order valence-corrected chi connectivity index (χ4v) is 2.95. The first kappa shape index (κ1) is 8.26. The zero-order chi connectivity index (χ0) is 8.93. The summed E-state index contributed by atoms with van der Waals surface area (Å²) in [5, 5.41) is 2.85. The molecule has 0 unspecified atom stereocenters. The second-order valence-electron chi connectivity index (χ2n) is 3.37. The normalized spacial score (nSPS) is 19.1. The minimum absolute atomic E-state index is 0.0938. The van der Waals surface area contributed by atoms with Gasteiger partial charge in [0.25, 0.3) is 0 Å². The van der Waals surface area contributed by atoms with Crippen molar-refractivity contribution >= 4 is 38.9 Å². The number of halogens is 1. The third-order valence-corrected chi connectivity index (χ3v) is 4.05. The lowest BCUT2D eigenvalue weighted by atomic mass is 9.93. The summed E-state index contributed by atoms with van der Waals surface area (Å²) in [6.45, 7) is 3.88. The predicted octanol–water partition coefficient (Wildman–Crippen LogP) is 2.74. The number of carbonyl (C=O) groups excluding carboxylic acids is 1. The number of anilines is 1. The monoisotopic (exact) mass is 245 g/mol. The Labute approximate surface area is 83.1 Å². The lowest BCUT2D eigenvalue weighted by Crippen LogP contribution is -2.26. The summed E-state index contributed by atoms with van der Waals surface area (Å²) in [5.41, 5.74) is 0.605. The summed E-state index contributed by atoms with van der Waals surface area (Å²) in [6, 6.07) is 1.95. The van der Waals surface area contributed by atoms with Crippen molar-refractivity contribution in [3.05, 3.63) is 14.7 Å². The first-order chi connectivity index (χ1) is 5.51. The predicted molar refractivity (Wildman–Crippen MR) is 53.7 cm³/mol. The van der Waals surface area contributed by atoms with Gasteiger partial charge in [-0.25, -0.2) is 0 Å². The Morgan fingerprint density at radius 3 is 2.83 bits per heavy atom. The molecule has 4 heteroatoms. The highest BCUT2D eigenvalue weighted by Crippen LogP contribution is 2.44. The van der Waals surface area contributed by atoms with E-state index in [1.165, 1.54) is 0 Å². The van der Waals surface area contributed by atoms with Crippen molar-refractivity contribution in [3.8, 4) is 0 Å². The van der Waals surface area contributed by atoms with E-state index in [-0.39, 0.29) is 11.3 Å². The third kappa shape index (κ3) is 0.944. The molecule has 1 aromatic rings. The standard InChI is InChI=1S/C8H8BrNOS/c1-8(2)6-4(10-7(8)11)3-5(9)12-6/h3H,1-2H3,(H,10,11). The highest BCUT2D eigenvalue weighted by atomic mass is 79.9. The van der Waals surface area contributed by atoms with E-state index < -0.39 is 0 Å². The second kappa shape index (κ2) is 2.33. The van der Waals surface area contributed by atoms with E-state index >= 15 is 0 Å². The number of hydrogen-bond donors (Lipinski definition) is 1.